The van der Waals surface area contributed by atoms with Gasteiger partial charge in [-0.3, -0.25) is 4.79 Å². The first-order valence-corrected chi connectivity index (χ1v) is 7.14. The summed E-state index contributed by atoms with van der Waals surface area (Å²) in [5, 5.41) is 9.46. The van der Waals surface area contributed by atoms with Crippen LogP contribution in [0.4, 0.5) is 0 Å². The van der Waals surface area contributed by atoms with Gasteiger partial charge in [0.25, 0.3) is 5.56 Å². The number of carbonyl (C=O) groups is 1. The molecule has 4 heteroatoms. The smallest absolute Gasteiger partial charge is 0.341 e. The largest absolute Gasteiger partial charge is 0.477 e. The van der Waals surface area contributed by atoms with Crippen LogP contribution in [-0.4, -0.2) is 16.1 Å². The van der Waals surface area contributed by atoms with E-state index in [1.165, 1.54) is 0 Å². The highest BCUT2D eigenvalue weighted by molar-refractivity contribution is 5.96. The molecule has 0 saturated heterocycles. The van der Waals surface area contributed by atoms with Crippen LogP contribution in [0.1, 0.15) is 35.0 Å². The number of aromatic nitrogens is 1. The van der Waals surface area contributed by atoms with Gasteiger partial charge >= 0.3 is 5.97 Å². The van der Waals surface area contributed by atoms with Crippen LogP contribution in [0.25, 0.3) is 11.1 Å². The minimum absolute atomic E-state index is 0.144. The molecule has 2 aromatic rings. The monoisotopic (exact) mass is 283 g/mol. The summed E-state index contributed by atoms with van der Waals surface area (Å²) in [5.41, 5.74) is 2.61. The lowest BCUT2D eigenvalue weighted by atomic mass is 9.82. The quantitative estimate of drug-likeness (QED) is 0.890. The van der Waals surface area contributed by atoms with E-state index in [4.69, 9.17) is 0 Å². The van der Waals surface area contributed by atoms with Crippen molar-refractivity contribution >= 4 is 5.97 Å². The predicted molar refractivity (Wildman–Crippen MR) is 80.6 cm³/mol. The zero-order valence-corrected chi connectivity index (χ0v) is 11.8. The molecular weight excluding hydrogens is 266 g/mol. The van der Waals surface area contributed by atoms with E-state index >= 15 is 0 Å². The van der Waals surface area contributed by atoms with Crippen LogP contribution >= 0.6 is 0 Å². The third-order valence-corrected chi connectivity index (χ3v) is 4.12. The van der Waals surface area contributed by atoms with Crippen LogP contribution < -0.4 is 5.56 Å². The first kappa shape index (κ1) is 13.6. The fraction of sp³-hybridized carbons (Fsp3) is 0.294. The van der Waals surface area contributed by atoms with Gasteiger partial charge in [-0.1, -0.05) is 37.3 Å². The van der Waals surface area contributed by atoms with E-state index in [9.17, 15) is 14.7 Å². The summed E-state index contributed by atoms with van der Waals surface area (Å²) < 4.78 is 0. The molecule has 0 fully saturated rings. The first-order valence-electron chi connectivity index (χ1n) is 7.14. The number of aryl methyl sites for hydroxylation is 1. The second kappa shape index (κ2) is 5.20. The minimum atomic E-state index is -1.17. The van der Waals surface area contributed by atoms with Crippen LogP contribution in [0.15, 0.2) is 35.1 Å². The van der Waals surface area contributed by atoms with Gasteiger partial charge < -0.3 is 10.1 Å². The Hall–Kier alpha value is -2.36. The molecule has 0 saturated carbocycles. The predicted octanol–water partition coefficient (Wildman–Crippen LogP) is 2.86. The highest BCUT2D eigenvalue weighted by Crippen LogP contribution is 2.33. The number of carboxylic acids is 1. The Morgan fingerprint density at radius 3 is 2.67 bits per heavy atom. The Kier molecular flexibility index (Phi) is 3.37. The maximum atomic E-state index is 12.2. The molecule has 2 N–H and O–H groups in total. The number of pyridine rings is 1. The van der Waals surface area contributed by atoms with Gasteiger partial charge in [0.1, 0.15) is 5.56 Å². The number of hydrogen-bond donors (Lipinski definition) is 2. The normalized spacial score (nSPS) is 17.3. The highest BCUT2D eigenvalue weighted by atomic mass is 16.4. The van der Waals surface area contributed by atoms with Gasteiger partial charge in [-0.25, -0.2) is 4.79 Å². The van der Waals surface area contributed by atoms with E-state index < -0.39 is 11.5 Å². The van der Waals surface area contributed by atoms with Crippen LogP contribution in [-0.2, 0) is 12.8 Å². The number of carboxylic acid groups (broad SMARTS) is 1. The molecule has 1 aromatic carbocycles. The summed E-state index contributed by atoms with van der Waals surface area (Å²) in [7, 11) is 0. The van der Waals surface area contributed by atoms with E-state index in [1.807, 2.05) is 30.3 Å². The summed E-state index contributed by atoms with van der Waals surface area (Å²) >= 11 is 0. The molecule has 1 aliphatic rings. The molecule has 0 amide bonds. The first-order chi connectivity index (χ1) is 10.1. The molecule has 0 radical (unpaired) electrons. The third-order valence-electron chi connectivity index (χ3n) is 4.12. The van der Waals surface area contributed by atoms with Crippen molar-refractivity contribution in [1.29, 1.82) is 0 Å². The average molecular weight is 283 g/mol. The summed E-state index contributed by atoms with van der Waals surface area (Å²) in [5.74, 6) is -0.677. The molecule has 0 bridgehead atoms. The Balaban J connectivity index is 2.35. The van der Waals surface area contributed by atoms with Crippen LogP contribution in [0.2, 0.25) is 0 Å². The number of H-pyrrole nitrogens is 1. The minimum Gasteiger partial charge on any atom is -0.477 e. The number of rotatable bonds is 2. The zero-order chi connectivity index (χ0) is 15.0. The molecule has 0 aliphatic heterocycles. The third kappa shape index (κ3) is 2.37. The van der Waals surface area contributed by atoms with Crippen LogP contribution in [0.5, 0.6) is 0 Å². The van der Waals surface area contributed by atoms with Gasteiger partial charge in [0.2, 0.25) is 0 Å². The van der Waals surface area contributed by atoms with E-state index in [1.54, 1.807) is 0 Å². The summed E-state index contributed by atoms with van der Waals surface area (Å²) in [6.07, 6.45) is 2.62. The Labute approximate surface area is 122 Å². The molecule has 0 spiro atoms. The second-order valence-electron chi connectivity index (χ2n) is 5.68. The van der Waals surface area contributed by atoms with Crippen molar-refractivity contribution < 1.29 is 9.90 Å². The number of aromatic carboxylic acids is 1. The molecule has 1 heterocycles. The number of aromatic amines is 1. The zero-order valence-electron chi connectivity index (χ0n) is 11.8. The van der Waals surface area contributed by atoms with Gasteiger partial charge in [-0.15, -0.1) is 0 Å². The lowest BCUT2D eigenvalue weighted by Crippen LogP contribution is -2.26. The SMILES string of the molecule is CC1CCc2[nH]c(=O)c(C(=O)O)c(-c3ccccc3)c2C1. The van der Waals surface area contributed by atoms with E-state index in [0.29, 0.717) is 11.5 Å². The van der Waals surface area contributed by atoms with Crippen molar-refractivity contribution in [2.45, 2.75) is 26.2 Å². The Bertz CT molecular complexity index is 747. The lowest BCUT2D eigenvalue weighted by Gasteiger charge is -2.24. The van der Waals surface area contributed by atoms with Crippen molar-refractivity contribution in [2.24, 2.45) is 5.92 Å². The molecule has 1 aromatic heterocycles. The van der Waals surface area contributed by atoms with Crippen molar-refractivity contribution in [3.05, 3.63) is 57.5 Å². The maximum absolute atomic E-state index is 12.2. The highest BCUT2D eigenvalue weighted by Gasteiger charge is 2.26. The second-order valence-corrected chi connectivity index (χ2v) is 5.68. The van der Waals surface area contributed by atoms with Gasteiger partial charge in [0.05, 0.1) is 0 Å². The van der Waals surface area contributed by atoms with Gasteiger partial charge in [-0.2, -0.15) is 0 Å². The van der Waals surface area contributed by atoms with Crippen LogP contribution in [0, 0.1) is 5.92 Å². The van der Waals surface area contributed by atoms with Gasteiger partial charge in [0, 0.05) is 11.3 Å². The fourth-order valence-corrected chi connectivity index (χ4v) is 3.10. The van der Waals surface area contributed by atoms with Crippen molar-refractivity contribution in [1.82, 2.24) is 4.98 Å². The molecule has 1 atom stereocenters. The summed E-state index contributed by atoms with van der Waals surface area (Å²) in [6, 6.07) is 9.33. The molecule has 4 nitrogen and oxygen atoms in total. The van der Waals surface area contributed by atoms with Crippen molar-refractivity contribution in [3.63, 3.8) is 0 Å². The molecule has 1 unspecified atom stereocenters. The van der Waals surface area contributed by atoms with Crippen molar-refractivity contribution in [3.8, 4) is 11.1 Å². The van der Waals surface area contributed by atoms with E-state index in [-0.39, 0.29) is 5.56 Å². The van der Waals surface area contributed by atoms with E-state index in [2.05, 4.69) is 11.9 Å². The summed E-state index contributed by atoms with van der Waals surface area (Å²) in [4.78, 5) is 26.5. The number of nitrogens with one attached hydrogen (secondary N) is 1. The fourth-order valence-electron chi connectivity index (χ4n) is 3.10. The van der Waals surface area contributed by atoms with Crippen LogP contribution in [0.3, 0.4) is 0 Å². The van der Waals surface area contributed by atoms with Gasteiger partial charge in [0.15, 0.2) is 0 Å². The average Bonchev–Trinajstić information content (AvgIpc) is 2.47. The van der Waals surface area contributed by atoms with Crippen molar-refractivity contribution in [2.75, 3.05) is 0 Å². The Morgan fingerprint density at radius 2 is 2.00 bits per heavy atom. The molecular formula is C17H17NO3. The van der Waals surface area contributed by atoms with E-state index in [0.717, 1.165) is 36.1 Å². The molecule has 1 aliphatic carbocycles. The number of fused-ring (bicyclic) bond motifs is 1. The maximum Gasteiger partial charge on any atom is 0.341 e. The molecule has 108 valence electrons. The summed E-state index contributed by atoms with van der Waals surface area (Å²) in [6.45, 7) is 2.16. The Morgan fingerprint density at radius 1 is 1.29 bits per heavy atom. The molecule has 21 heavy (non-hydrogen) atoms. The topological polar surface area (TPSA) is 70.2 Å². The molecule has 3 rings (SSSR count). The number of benzene rings is 1. The lowest BCUT2D eigenvalue weighted by molar-refractivity contribution is 0.0695. The van der Waals surface area contributed by atoms with Gasteiger partial charge in [-0.05, 0) is 36.3 Å². The standard InChI is InChI=1S/C17H17NO3/c1-10-7-8-13-12(9-10)14(11-5-3-2-4-6-11)15(17(20)21)16(19)18-13/h2-6,10H,7-9H2,1H3,(H,18,19)(H,20,21). The number of hydrogen-bond acceptors (Lipinski definition) is 2.